The summed E-state index contributed by atoms with van der Waals surface area (Å²) in [6.07, 6.45) is 3.13. The number of aryl methyl sites for hydroxylation is 2. The number of rotatable bonds is 3. The predicted molar refractivity (Wildman–Crippen MR) is 94.3 cm³/mol. The fourth-order valence-electron chi connectivity index (χ4n) is 3.92. The van der Waals surface area contributed by atoms with Crippen molar-refractivity contribution in [2.75, 3.05) is 24.6 Å². The summed E-state index contributed by atoms with van der Waals surface area (Å²) in [6, 6.07) is -0.565. The van der Waals surface area contributed by atoms with E-state index >= 15 is 0 Å². The molecule has 2 saturated heterocycles. The first-order valence-electron chi connectivity index (χ1n) is 8.60. The molecule has 0 spiro atoms. The van der Waals surface area contributed by atoms with E-state index in [2.05, 4.69) is 24.8 Å². The van der Waals surface area contributed by atoms with Crippen LogP contribution in [0.25, 0.3) is 0 Å². The summed E-state index contributed by atoms with van der Waals surface area (Å²) >= 11 is 0. The van der Waals surface area contributed by atoms with Crippen LogP contribution in [-0.2, 0) is 16.4 Å². The van der Waals surface area contributed by atoms with Crippen LogP contribution in [0.1, 0.15) is 27.6 Å². The van der Waals surface area contributed by atoms with Crippen molar-refractivity contribution >= 4 is 15.7 Å². The summed E-state index contributed by atoms with van der Waals surface area (Å²) < 4.78 is 24.7. The van der Waals surface area contributed by atoms with Crippen molar-refractivity contribution in [3.63, 3.8) is 0 Å². The van der Waals surface area contributed by atoms with E-state index in [0.29, 0.717) is 31.0 Å². The van der Waals surface area contributed by atoms with Crippen molar-refractivity contribution in [3.05, 3.63) is 35.4 Å². The number of hydrogen-bond acceptors (Lipinski definition) is 6. The molecule has 4 rings (SSSR count). The molecular formula is C16H22N6O3S. The van der Waals surface area contributed by atoms with Crippen LogP contribution in [0.15, 0.2) is 12.7 Å². The monoisotopic (exact) mass is 378 g/mol. The molecule has 0 radical (unpaired) electrons. The average Bonchev–Trinajstić information content (AvgIpc) is 3.26. The molecule has 0 bridgehead atoms. The number of hydrogen-bond donors (Lipinski definition) is 2. The summed E-state index contributed by atoms with van der Waals surface area (Å²) in [6.45, 7) is 5.41. The van der Waals surface area contributed by atoms with E-state index < -0.39 is 9.84 Å². The van der Waals surface area contributed by atoms with Gasteiger partial charge in [0, 0.05) is 37.1 Å². The van der Waals surface area contributed by atoms with Gasteiger partial charge in [-0.3, -0.25) is 9.69 Å². The van der Waals surface area contributed by atoms with Crippen LogP contribution >= 0.6 is 0 Å². The van der Waals surface area contributed by atoms with Crippen LogP contribution in [0.3, 0.4) is 0 Å². The van der Waals surface area contributed by atoms with Gasteiger partial charge < -0.3 is 14.9 Å². The van der Waals surface area contributed by atoms with E-state index in [1.807, 2.05) is 6.92 Å². The second-order valence-electron chi connectivity index (χ2n) is 7.03. The maximum absolute atomic E-state index is 12.9. The highest BCUT2D eigenvalue weighted by atomic mass is 32.2. The van der Waals surface area contributed by atoms with Gasteiger partial charge in [0.05, 0.1) is 35.9 Å². The van der Waals surface area contributed by atoms with Crippen molar-refractivity contribution in [1.82, 2.24) is 29.7 Å². The highest BCUT2D eigenvalue weighted by molar-refractivity contribution is 7.91. The molecule has 2 atom stereocenters. The Labute approximate surface area is 151 Å². The van der Waals surface area contributed by atoms with Crippen molar-refractivity contribution in [1.29, 1.82) is 0 Å². The molecule has 1 amide bonds. The lowest BCUT2D eigenvalue weighted by atomic mass is 10.0. The van der Waals surface area contributed by atoms with E-state index in [0.717, 1.165) is 11.4 Å². The minimum Gasteiger partial charge on any atom is -0.348 e. The summed E-state index contributed by atoms with van der Waals surface area (Å²) in [4.78, 5) is 31.1. The molecule has 140 valence electrons. The molecule has 2 aromatic rings. The molecule has 10 heteroatoms. The van der Waals surface area contributed by atoms with E-state index in [1.54, 1.807) is 18.2 Å². The lowest BCUT2D eigenvalue weighted by Crippen LogP contribution is -2.60. The van der Waals surface area contributed by atoms with Crippen LogP contribution in [0.5, 0.6) is 0 Å². The summed E-state index contributed by atoms with van der Waals surface area (Å²) in [5.74, 6) is -0.126. The van der Waals surface area contributed by atoms with Gasteiger partial charge in [-0.05, 0) is 13.8 Å². The standard InChI is InChI=1S/C16H22N6O3S/c1-10-12(19-8-17-10)5-21-3-4-22(14-7-26(24,25)6-13(14)21)16(23)15-11(2)18-9-20-15/h8-9,13-14H,3-7H2,1-2H3,(H,17,19)(H,18,20)/t13-,14+/m1/s1. The highest BCUT2D eigenvalue weighted by Crippen LogP contribution is 2.29. The number of piperazine rings is 1. The fraction of sp³-hybridized carbons (Fsp3) is 0.562. The number of amides is 1. The summed E-state index contributed by atoms with van der Waals surface area (Å²) in [5, 5.41) is 0. The zero-order chi connectivity index (χ0) is 18.5. The highest BCUT2D eigenvalue weighted by Gasteiger charge is 2.48. The van der Waals surface area contributed by atoms with Gasteiger partial charge in [0.2, 0.25) is 0 Å². The lowest BCUT2D eigenvalue weighted by molar-refractivity contribution is 0.0297. The van der Waals surface area contributed by atoms with E-state index in [9.17, 15) is 13.2 Å². The third kappa shape index (κ3) is 2.92. The number of carbonyl (C=O) groups excluding carboxylic acids is 1. The maximum Gasteiger partial charge on any atom is 0.274 e. The number of sulfone groups is 1. The SMILES string of the molecule is Cc1[nH]cnc1CN1CCN(C(=O)c2nc[nH]c2C)[C@H]2CS(=O)(=O)C[C@H]21. The van der Waals surface area contributed by atoms with Crippen LogP contribution < -0.4 is 0 Å². The Hall–Kier alpha value is -2.20. The van der Waals surface area contributed by atoms with Gasteiger partial charge in [-0.2, -0.15) is 0 Å². The summed E-state index contributed by atoms with van der Waals surface area (Å²) in [7, 11) is -3.19. The smallest absolute Gasteiger partial charge is 0.274 e. The normalized spacial score (nSPS) is 25.4. The number of imidazole rings is 2. The number of nitrogens with zero attached hydrogens (tertiary/aromatic N) is 4. The van der Waals surface area contributed by atoms with Crippen LogP contribution in [0, 0.1) is 13.8 Å². The Morgan fingerprint density at radius 1 is 1.12 bits per heavy atom. The van der Waals surface area contributed by atoms with Crippen molar-refractivity contribution in [2.45, 2.75) is 32.5 Å². The minimum absolute atomic E-state index is 0.00290. The molecular weight excluding hydrogens is 356 g/mol. The van der Waals surface area contributed by atoms with Gasteiger partial charge in [0.1, 0.15) is 5.69 Å². The molecule has 26 heavy (non-hydrogen) atoms. The Kier molecular flexibility index (Phi) is 4.11. The van der Waals surface area contributed by atoms with Crippen molar-refractivity contribution < 1.29 is 13.2 Å². The third-order valence-corrected chi connectivity index (χ3v) is 7.07. The Morgan fingerprint density at radius 2 is 1.81 bits per heavy atom. The molecule has 2 fully saturated rings. The molecule has 0 saturated carbocycles. The summed E-state index contributed by atoms with van der Waals surface area (Å²) in [5.41, 5.74) is 2.95. The van der Waals surface area contributed by atoms with E-state index in [4.69, 9.17) is 0 Å². The predicted octanol–water partition coefficient (Wildman–Crippen LogP) is -0.127. The van der Waals surface area contributed by atoms with Gasteiger partial charge >= 0.3 is 0 Å². The quantitative estimate of drug-likeness (QED) is 0.769. The average molecular weight is 378 g/mol. The van der Waals surface area contributed by atoms with Gasteiger partial charge in [-0.25, -0.2) is 18.4 Å². The van der Waals surface area contributed by atoms with Gasteiger partial charge in [-0.1, -0.05) is 0 Å². The van der Waals surface area contributed by atoms with E-state index in [1.165, 1.54) is 6.33 Å². The number of fused-ring (bicyclic) bond motifs is 1. The zero-order valence-corrected chi connectivity index (χ0v) is 15.6. The molecule has 2 aromatic heterocycles. The first-order chi connectivity index (χ1) is 12.4. The van der Waals surface area contributed by atoms with E-state index in [-0.39, 0.29) is 29.5 Å². The van der Waals surface area contributed by atoms with Crippen LogP contribution in [0.2, 0.25) is 0 Å². The topological polar surface area (TPSA) is 115 Å². The molecule has 0 aliphatic carbocycles. The number of H-pyrrole nitrogens is 2. The van der Waals surface area contributed by atoms with Crippen molar-refractivity contribution in [2.24, 2.45) is 0 Å². The second-order valence-corrected chi connectivity index (χ2v) is 9.18. The fourth-order valence-corrected chi connectivity index (χ4v) is 5.93. The molecule has 2 aliphatic rings. The molecule has 2 aliphatic heterocycles. The van der Waals surface area contributed by atoms with Gasteiger partial charge in [0.15, 0.2) is 9.84 Å². The third-order valence-electron chi connectivity index (χ3n) is 5.37. The molecule has 0 unspecified atom stereocenters. The minimum atomic E-state index is -3.19. The Balaban J connectivity index is 1.61. The van der Waals surface area contributed by atoms with Crippen LogP contribution in [-0.4, -0.2) is 80.7 Å². The largest absolute Gasteiger partial charge is 0.348 e. The number of aromatic amines is 2. The molecule has 4 heterocycles. The number of aromatic nitrogens is 4. The Morgan fingerprint density at radius 3 is 2.46 bits per heavy atom. The molecule has 0 aromatic carbocycles. The van der Waals surface area contributed by atoms with Gasteiger partial charge in [-0.15, -0.1) is 0 Å². The first-order valence-corrected chi connectivity index (χ1v) is 10.4. The molecule has 9 nitrogen and oxygen atoms in total. The lowest BCUT2D eigenvalue weighted by Gasteiger charge is -2.43. The van der Waals surface area contributed by atoms with Gasteiger partial charge in [0.25, 0.3) is 5.91 Å². The second kappa shape index (κ2) is 6.20. The Bertz CT molecular complexity index is 933. The first kappa shape index (κ1) is 17.2. The molecule has 2 N–H and O–H groups in total. The van der Waals surface area contributed by atoms with Crippen LogP contribution in [0.4, 0.5) is 0 Å². The zero-order valence-electron chi connectivity index (χ0n) is 14.8. The number of carbonyl (C=O) groups is 1. The van der Waals surface area contributed by atoms with Crippen molar-refractivity contribution in [3.8, 4) is 0 Å². The maximum atomic E-state index is 12.9. The number of nitrogens with one attached hydrogen (secondary N) is 2.